The fraction of sp³-hybridized carbons (Fsp3) is 0.800. The number of ether oxygens (including phenoxy) is 2. The van der Waals surface area contributed by atoms with Gasteiger partial charge in [-0.25, -0.2) is 0 Å². The Balaban J connectivity index is 2.18. The summed E-state index contributed by atoms with van der Waals surface area (Å²) >= 11 is 0. The maximum absolute atomic E-state index is 11.4. The van der Waals surface area contributed by atoms with Crippen LogP contribution in [0, 0.1) is 5.92 Å². The highest BCUT2D eigenvalue weighted by Crippen LogP contribution is 2.17. The molecule has 1 N–H and O–H groups in total. The molecule has 1 heterocycles. The molecule has 1 rings (SSSR count). The molecule has 16 heavy (non-hydrogen) atoms. The zero-order valence-electron chi connectivity index (χ0n) is 9.35. The lowest BCUT2D eigenvalue weighted by Crippen LogP contribution is -2.30. The lowest BCUT2D eigenvalue weighted by atomic mass is 10.1. The van der Waals surface area contributed by atoms with Crippen LogP contribution in [-0.2, 0) is 19.1 Å². The molecule has 1 amide bonds. The second-order valence-electron chi connectivity index (χ2n) is 3.68. The molecule has 0 aliphatic carbocycles. The van der Waals surface area contributed by atoms with Crippen molar-refractivity contribution in [2.75, 3.05) is 40.0 Å². The smallest absolute Gasteiger partial charge is 0.308 e. The number of hydrogen-bond donors (Lipinski definition) is 1. The molecule has 1 atom stereocenters. The lowest BCUT2D eigenvalue weighted by Gasteiger charge is -2.15. The number of aliphatic carboxylic acids is 1. The van der Waals surface area contributed by atoms with Crippen molar-refractivity contribution in [3.8, 4) is 0 Å². The minimum Gasteiger partial charge on any atom is -0.481 e. The van der Waals surface area contributed by atoms with Gasteiger partial charge in [0.25, 0.3) is 0 Å². The molecule has 6 heteroatoms. The van der Waals surface area contributed by atoms with Crippen LogP contribution in [0.1, 0.15) is 6.42 Å². The summed E-state index contributed by atoms with van der Waals surface area (Å²) in [5, 5.41) is 8.76. The Bertz CT molecular complexity index is 256. The van der Waals surface area contributed by atoms with Crippen LogP contribution in [-0.4, -0.2) is 61.9 Å². The second kappa shape index (κ2) is 6.44. The molecule has 1 aliphatic rings. The predicted molar refractivity (Wildman–Crippen MR) is 55.0 cm³/mol. The molecule has 1 unspecified atom stereocenters. The van der Waals surface area contributed by atoms with Crippen LogP contribution in [0.25, 0.3) is 0 Å². The standard InChI is InChI=1S/C10H17NO5/c1-15-4-5-16-3-2-11-7-8(10(13)14)6-9(11)12/h8H,2-7H2,1H3,(H,13,14). The zero-order chi connectivity index (χ0) is 12.0. The van der Waals surface area contributed by atoms with Gasteiger partial charge in [0.05, 0.1) is 25.7 Å². The first-order chi connectivity index (χ1) is 7.65. The van der Waals surface area contributed by atoms with Crippen LogP contribution >= 0.6 is 0 Å². The molecular weight excluding hydrogens is 214 g/mol. The maximum atomic E-state index is 11.4. The highest BCUT2D eigenvalue weighted by atomic mass is 16.5. The molecule has 0 aromatic heterocycles. The van der Waals surface area contributed by atoms with E-state index in [0.29, 0.717) is 32.9 Å². The van der Waals surface area contributed by atoms with Crippen LogP contribution in [0.3, 0.4) is 0 Å². The van der Waals surface area contributed by atoms with E-state index < -0.39 is 11.9 Å². The molecule has 0 saturated carbocycles. The number of carbonyl (C=O) groups excluding carboxylic acids is 1. The Kier molecular flexibility index (Phi) is 5.21. The van der Waals surface area contributed by atoms with E-state index in [1.807, 2.05) is 0 Å². The number of hydrogen-bond acceptors (Lipinski definition) is 4. The number of carbonyl (C=O) groups is 2. The fourth-order valence-corrected chi connectivity index (χ4v) is 1.57. The third-order valence-corrected chi connectivity index (χ3v) is 2.50. The molecule has 0 bridgehead atoms. The predicted octanol–water partition coefficient (Wildman–Crippen LogP) is -0.417. The fourth-order valence-electron chi connectivity index (χ4n) is 1.57. The van der Waals surface area contributed by atoms with Gasteiger partial charge in [0.2, 0.25) is 5.91 Å². The molecular formula is C10H17NO5. The molecule has 0 radical (unpaired) electrons. The summed E-state index contributed by atoms with van der Waals surface area (Å²) in [5.74, 6) is -1.58. The van der Waals surface area contributed by atoms with E-state index in [1.54, 1.807) is 7.11 Å². The Morgan fingerprint density at radius 2 is 2.25 bits per heavy atom. The van der Waals surface area contributed by atoms with Crippen molar-refractivity contribution in [2.24, 2.45) is 5.92 Å². The Morgan fingerprint density at radius 1 is 1.50 bits per heavy atom. The summed E-state index contributed by atoms with van der Waals surface area (Å²) in [7, 11) is 1.59. The van der Waals surface area contributed by atoms with Crippen LogP contribution in [0.15, 0.2) is 0 Å². The third kappa shape index (κ3) is 3.79. The summed E-state index contributed by atoms with van der Waals surface area (Å²) in [6.45, 7) is 2.17. The van der Waals surface area contributed by atoms with Gasteiger partial charge in [-0.05, 0) is 0 Å². The van der Waals surface area contributed by atoms with E-state index in [2.05, 4.69) is 0 Å². The average molecular weight is 231 g/mol. The second-order valence-corrected chi connectivity index (χ2v) is 3.68. The number of rotatable bonds is 7. The van der Waals surface area contributed by atoms with Gasteiger partial charge in [-0.1, -0.05) is 0 Å². The summed E-state index contributed by atoms with van der Waals surface area (Å²) in [6.07, 6.45) is 0.105. The summed E-state index contributed by atoms with van der Waals surface area (Å²) < 4.78 is 10.0. The topological polar surface area (TPSA) is 76.1 Å². The Labute approximate surface area is 94.1 Å². The first kappa shape index (κ1) is 12.9. The number of methoxy groups -OCH3 is 1. The number of carboxylic acids is 1. The van der Waals surface area contributed by atoms with E-state index in [0.717, 1.165) is 0 Å². The number of nitrogens with zero attached hydrogens (tertiary/aromatic N) is 1. The van der Waals surface area contributed by atoms with Crippen LogP contribution in [0.2, 0.25) is 0 Å². The SMILES string of the molecule is COCCOCCN1CC(C(=O)O)CC1=O. The minimum atomic E-state index is -0.906. The minimum absolute atomic E-state index is 0.105. The highest BCUT2D eigenvalue weighted by molar-refractivity contribution is 5.86. The van der Waals surface area contributed by atoms with Gasteiger partial charge in [-0.15, -0.1) is 0 Å². The van der Waals surface area contributed by atoms with Crippen molar-refractivity contribution < 1.29 is 24.2 Å². The van der Waals surface area contributed by atoms with Crippen molar-refractivity contribution in [1.29, 1.82) is 0 Å². The van der Waals surface area contributed by atoms with Gasteiger partial charge in [-0.2, -0.15) is 0 Å². The quantitative estimate of drug-likeness (QED) is 0.602. The average Bonchev–Trinajstić information content (AvgIpc) is 2.60. The molecule has 1 aliphatic heterocycles. The first-order valence-corrected chi connectivity index (χ1v) is 5.22. The first-order valence-electron chi connectivity index (χ1n) is 5.22. The van der Waals surface area contributed by atoms with Gasteiger partial charge in [-0.3, -0.25) is 9.59 Å². The zero-order valence-corrected chi connectivity index (χ0v) is 9.35. The number of carboxylic acid groups (broad SMARTS) is 1. The van der Waals surface area contributed by atoms with Gasteiger partial charge in [0.15, 0.2) is 0 Å². The van der Waals surface area contributed by atoms with Crippen LogP contribution in [0.5, 0.6) is 0 Å². The third-order valence-electron chi connectivity index (χ3n) is 2.50. The normalized spacial score (nSPS) is 20.4. The van der Waals surface area contributed by atoms with Gasteiger partial charge < -0.3 is 19.5 Å². The number of amides is 1. The monoisotopic (exact) mass is 231 g/mol. The van der Waals surface area contributed by atoms with Crippen molar-refractivity contribution in [1.82, 2.24) is 4.90 Å². The summed E-state index contributed by atoms with van der Waals surface area (Å²) in [6, 6.07) is 0. The van der Waals surface area contributed by atoms with E-state index in [4.69, 9.17) is 14.6 Å². The Hall–Kier alpha value is -1.14. The van der Waals surface area contributed by atoms with Crippen molar-refractivity contribution in [3.05, 3.63) is 0 Å². The van der Waals surface area contributed by atoms with Crippen molar-refractivity contribution in [3.63, 3.8) is 0 Å². The summed E-state index contributed by atoms with van der Waals surface area (Å²) in [4.78, 5) is 23.6. The molecule has 92 valence electrons. The lowest BCUT2D eigenvalue weighted by molar-refractivity contribution is -0.141. The van der Waals surface area contributed by atoms with Crippen molar-refractivity contribution >= 4 is 11.9 Å². The molecule has 0 spiro atoms. The highest BCUT2D eigenvalue weighted by Gasteiger charge is 2.33. The van der Waals surface area contributed by atoms with Crippen molar-refractivity contribution in [2.45, 2.75) is 6.42 Å². The van der Waals surface area contributed by atoms with E-state index in [9.17, 15) is 9.59 Å². The largest absolute Gasteiger partial charge is 0.481 e. The molecule has 6 nitrogen and oxygen atoms in total. The number of likely N-dealkylation sites (tertiary alicyclic amines) is 1. The molecule has 0 aromatic rings. The van der Waals surface area contributed by atoms with Gasteiger partial charge in [0.1, 0.15) is 0 Å². The van der Waals surface area contributed by atoms with Crippen LogP contribution < -0.4 is 0 Å². The molecule has 1 fully saturated rings. The Morgan fingerprint density at radius 3 is 2.81 bits per heavy atom. The van der Waals surface area contributed by atoms with E-state index in [1.165, 1.54) is 4.90 Å². The molecule has 1 saturated heterocycles. The maximum Gasteiger partial charge on any atom is 0.308 e. The van der Waals surface area contributed by atoms with E-state index in [-0.39, 0.29) is 12.3 Å². The van der Waals surface area contributed by atoms with E-state index >= 15 is 0 Å². The van der Waals surface area contributed by atoms with Gasteiger partial charge >= 0.3 is 5.97 Å². The van der Waals surface area contributed by atoms with Crippen LogP contribution in [0.4, 0.5) is 0 Å². The summed E-state index contributed by atoms with van der Waals surface area (Å²) in [5.41, 5.74) is 0. The molecule has 0 aromatic carbocycles. The van der Waals surface area contributed by atoms with Gasteiger partial charge in [0, 0.05) is 26.6 Å².